The summed E-state index contributed by atoms with van der Waals surface area (Å²) in [4.78, 5) is 13.4. The predicted molar refractivity (Wildman–Crippen MR) is 91.3 cm³/mol. The van der Waals surface area contributed by atoms with Crippen molar-refractivity contribution in [1.82, 2.24) is 9.62 Å². The van der Waals surface area contributed by atoms with Crippen molar-refractivity contribution in [2.24, 2.45) is 0 Å². The summed E-state index contributed by atoms with van der Waals surface area (Å²) < 4.78 is 45.6. The number of carbonyl (C=O) groups excluding carboxylic acids is 1. The molecule has 7 nitrogen and oxygen atoms in total. The fraction of sp³-hybridized carbons (Fsp3) is 0.562. The minimum absolute atomic E-state index is 0.211. The fourth-order valence-corrected chi connectivity index (χ4v) is 5.19. The molecule has 3 rings (SSSR count). The lowest BCUT2D eigenvalue weighted by atomic mass is 10.2. The lowest BCUT2D eigenvalue weighted by Crippen LogP contribution is -2.51. The first-order valence-electron chi connectivity index (χ1n) is 8.23. The van der Waals surface area contributed by atoms with Gasteiger partial charge in [-0.3, -0.25) is 4.79 Å². The number of ether oxygens (including phenoxy) is 1. The molecule has 138 valence electrons. The molecule has 2 atom stereocenters. The normalized spacial score (nSPS) is 25.1. The lowest BCUT2D eigenvalue weighted by molar-refractivity contribution is -0.142. The number of rotatable bonds is 4. The SMILES string of the molecule is COC(=O)C1CC(S(=O)(=O)N2CCN(c3ccccc3F)CC2)CN1. The number of esters is 1. The Morgan fingerprint density at radius 1 is 1.24 bits per heavy atom. The molecule has 9 heteroatoms. The Balaban J connectivity index is 1.62. The molecule has 2 heterocycles. The molecule has 1 N–H and O–H groups in total. The van der Waals surface area contributed by atoms with E-state index in [2.05, 4.69) is 10.1 Å². The van der Waals surface area contributed by atoms with E-state index in [-0.39, 0.29) is 18.8 Å². The van der Waals surface area contributed by atoms with Crippen LogP contribution >= 0.6 is 0 Å². The van der Waals surface area contributed by atoms with E-state index >= 15 is 0 Å². The molecule has 2 unspecified atom stereocenters. The van der Waals surface area contributed by atoms with Crippen molar-refractivity contribution in [3.05, 3.63) is 30.1 Å². The number of hydrogen-bond donors (Lipinski definition) is 1. The molecule has 0 saturated carbocycles. The van der Waals surface area contributed by atoms with Gasteiger partial charge in [0.2, 0.25) is 10.0 Å². The lowest BCUT2D eigenvalue weighted by Gasteiger charge is -2.36. The van der Waals surface area contributed by atoms with E-state index in [4.69, 9.17) is 0 Å². The molecule has 0 radical (unpaired) electrons. The second-order valence-electron chi connectivity index (χ2n) is 6.22. The number of halogens is 1. The molecule has 1 aromatic rings. The van der Waals surface area contributed by atoms with Crippen molar-refractivity contribution >= 4 is 21.7 Å². The van der Waals surface area contributed by atoms with Crippen LogP contribution in [0.1, 0.15) is 6.42 Å². The first-order chi connectivity index (χ1) is 11.9. The second-order valence-corrected chi connectivity index (χ2v) is 8.44. The monoisotopic (exact) mass is 371 g/mol. The molecule has 0 bridgehead atoms. The Bertz CT molecular complexity index is 735. The second kappa shape index (κ2) is 7.27. The maximum absolute atomic E-state index is 13.9. The Morgan fingerprint density at radius 2 is 1.92 bits per heavy atom. The molecule has 0 aliphatic carbocycles. The van der Waals surface area contributed by atoms with Gasteiger partial charge in [0.05, 0.1) is 18.0 Å². The van der Waals surface area contributed by atoms with Gasteiger partial charge < -0.3 is 15.0 Å². The van der Waals surface area contributed by atoms with E-state index in [0.29, 0.717) is 31.9 Å². The highest BCUT2D eigenvalue weighted by molar-refractivity contribution is 7.89. The topological polar surface area (TPSA) is 79.0 Å². The number of sulfonamides is 1. The quantitative estimate of drug-likeness (QED) is 0.761. The summed E-state index contributed by atoms with van der Waals surface area (Å²) in [5.41, 5.74) is 0.493. The molecular formula is C16H22FN3O4S. The van der Waals surface area contributed by atoms with Crippen molar-refractivity contribution in [1.29, 1.82) is 0 Å². The molecular weight excluding hydrogens is 349 g/mol. The third-order valence-electron chi connectivity index (χ3n) is 4.79. The van der Waals surface area contributed by atoms with E-state index in [1.165, 1.54) is 17.5 Å². The van der Waals surface area contributed by atoms with Crippen LogP contribution in [0.2, 0.25) is 0 Å². The van der Waals surface area contributed by atoms with Gasteiger partial charge in [-0.1, -0.05) is 12.1 Å². The number of nitrogens with one attached hydrogen (secondary N) is 1. The smallest absolute Gasteiger partial charge is 0.322 e. The van der Waals surface area contributed by atoms with E-state index < -0.39 is 27.3 Å². The van der Waals surface area contributed by atoms with Crippen LogP contribution in [0.15, 0.2) is 24.3 Å². The van der Waals surface area contributed by atoms with Crippen molar-refractivity contribution in [3.8, 4) is 0 Å². The maximum atomic E-state index is 13.9. The first-order valence-corrected chi connectivity index (χ1v) is 9.73. The van der Waals surface area contributed by atoms with E-state index in [1.54, 1.807) is 18.2 Å². The first kappa shape index (κ1) is 18.1. The van der Waals surface area contributed by atoms with Crippen LogP contribution in [0.25, 0.3) is 0 Å². The predicted octanol–water partition coefficient (Wildman–Crippen LogP) is 0.181. The highest BCUT2D eigenvalue weighted by Gasteiger charge is 2.41. The third kappa shape index (κ3) is 3.63. The largest absolute Gasteiger partial charge is 0.468 e. The van der Waals surface area contributed by atoms with Gasteiger partial charge in [0.1, 0.15) is 11.9 Å². The van der Waals surface area contributed by atoms with Crippen LogP contribution in [0.3, 0.4) is 0 Å². The third-order valence-corrected chi connectivity index (χ3v) is 7.08. The summed E-state index contributed by atoms with van der Waals surface area (Å²) in [7, 11) is -2.22. The Hall–Kier alpha value is -1.71. The van der Waals surface area contributed by atoms with E-state index in [1.807, 2.05) is 4.90 Å². The fourth-order valence-electron chi connectivity index (χ4n) is 3.35. The highest BCUT2D eigenvalue weighted by atomic mass is 32.2. The summed E-state index contributed by atoms with van der Waals surface area (Å²) in [6.45, 7) is 1.70. The number of methoxy groups -OCH3 is 1. The average Bonchev–Trinajstić information content (AvgIpc) is 3.12. The molecule has 25 heavy (non-hydrogen) atoms. The molecule has 2 aliphatic rings. The standard InChI is InChI=1S/C16H22FN3O4S/c1-24-16(21)14-10-12(11-18-14)25(22,23)20-8-6-19(7-9-20)15-5-3-2-4-13(15)17/h2-5,12,14,18H,6-11H2,1H3. The van der Waals surface area contributed by atoms with Gasteiger partial charge >= 0.3 is 5.97 Å². The van der Waals surface area contributed by atoms with Crippen LogP contribution in [0.4, 0.5) is 10.1 Å². The van der Waals surface area contributed by atoms with Gasteiger partial charge in [-0.05, 0) is 18.6 Å². The number of para-hydroxylation sites is 1. The summed E-state index contributed by atoms with van der Waals surface area (Å²) in [6.07, 6.45) is 0.211. The maximum Gasteiger partial charge on any atom is 0.322 e. The minimum Gasteiger partial charge on any atom is -0.468 e. The molecule has 1 aromatic carbocycles. The summed E-state index contributed by atoms with van der Waals surface area (Å²) in [6, 6.07) is 5.91. The zero-order valence-corrected chi connectivity index (χ0v) is 14.8. The molecule has 2 fully saturated rings. The van der Waals surface area contributed by atoms with Crippen LogP contribution < -0.4 is 10.2 Å². The summed E-state index contributed by atoms with van der Waals surface area (Å²) >= 11 is 0. The molecule has 0 aromatic heterocycles. The van der Waals surface area contributed by atoms with Gasteiger partial charge in [0, 0.05) is 32.7 Å². The van der Waals surface area contributed by atoms with Crippen LogP contribution in [-0.4, -0.2) is 69.8 Å². The van der Waals surface area contributed by atoms with E-state index in [9.17, 15) is 17.6 Å². The van der Waals surface area contributed by atoms with Gasteiger partial charge in [-0.25, -0.2) is 12.8 Å². The number of hydrogen-bond acceptors (Lipinski definition) is 6. The van der Waals surface area contributed by atoms with Gasteiger partial charge in [-0.15, -0.1) is 0 Å². The molecule has 0 amide bonds. The van der Waals surface area contributed by atoms with Crippen molar-refractivity contribution in [2.75, 3.05) is 44.7 Å². The van der Waals surface area contributed by atoms with Gasteiger partial charge in [-0.2, -0.15) is 4.31 Å². The van der Waals surface area contributed by atoms with Crippen LogP contribution in [0, 0.1) is 5.82 Å². The molecule has 2 aliphatic heterocycles. The number of carbonyl (C=O) groups is 1. The number of benzene rings is 1. The van der Waals surface area contributed by atoms with Crippen molar-refractivity contribution < 1.29 is 22.3 Å². The molecule has 2 saturated heterocycles. The van der Waals surface area contributed by atoms with E-state index in [0.717, 1.165) is 0 Å². The number of piperazine rings is 1. The number of anilines is 1. The Morgan fingerprint density at radius 3 is 2.56 bits per heavy atom. The average molecular weight is 371 g/mol. The van der Waals surface area contributed by atoms with Gasteiger partial charge in [0.25, 0.3) is 0 Å². The summed E-state index contributed by atoms with van der Waals surface area (Å²) in [5, 5.41) is 2.26. The van der Waals surface area contributed by atoms with Crippen molar-refractivity contribution in [3.63, 3.8) is 0 Å². The number of nitrogens with zero attached hydrogens (tertiary/aromatic N) is 2. The van der Waals surface area contributed by atoms with Crippen LogP contribution in [-0.2, 0) is 19.6 Å². The highest BCUT2D eigenvalue weighted by Crippen LogP contribution is 2.24. The van der Waals surface area contributed by atoms with Gasteiger partial charge in [0.15, 0.2) is 0 Å². The zero-order chi connectivity index (χ0) is 18.0. The Kier molecular flexibility index (Phi) is 5.26. The summed E-state index contributed by atoms with van der Waals surface area (Å²) in [5.74, 6) is -0.748. The van der Waals surface area contributed by atoms with Crippen LogP contribution in [0.5, 0.6) is 0 Å². The molecule has 0 spiro atoms. The zero-order valence-electron chi connectivity index (χ0n) is 14.0. The van der Waals surface area contributed by atoms with Crippen molar-refractivity contribution in [2.45, 2.75) is 17.7 Å². The Labute approximate surface area is 146 Å². The minimum atomic E-state index is -3.51.